The zero-order valence-corrected chi connectivity index (χ0v) is 20.1. The Labute approximate surface area is 178 Å². The molecule has 2 aromatic rings. The van der Waals surface area contributed by atoms with Crippen molar-refractivity contribution in [3.63, 3.8) is 0 Å². The molecular formula is C27H40O2. The zero-order valence-electron chi connectivity index (χ0n) is 20.1. The summed E-state index contributed by atoms with van der Waals surface area (Å²) in [5.41, 5.74) is 5.99. The van der Waals surface area contributed by atoms with Gasteiger partial charge in [-0.05, 0) is 62.5 Å². The van der Waals surface area contributed by atoms with Crippen molar-refractivity contribution in [1.29, 1.82) is 0 Å². The molecule has 0 unspecified atom stereocenters. The first kappa shape index (κ1) is 23.3. The minimum absolute atomic E-state index is 0.119. The Hall–Kier alpha value is -1.96. The number of rotatable bonds is 3. The molecule has 0 aliphatic rings. The van der Waals surface area contributed by atoms with E-state index in [1.165, 1.54) is 11.1 Å². The summed E-state index contributed by atoms with van der Waals surface area (Å²) in [5, 5.41) is 21.7. The van der Waals surface area contributed by atoms with E-state index in [1.807, 2.05) is 0 Å². The highest BCUT2D eigenvalue weighted by Gasteiger charge is 2.27. The maximum atomic E-state index is 11.0. The molecule has 0 bridgehead atoms. The molecule has 2 N–H and O–H groups in total. The molecule has 2 heteroatoms. The summed E-state index contributed by atoms with van der Waals surface area (Å²) in [4.78, 5) is 0. The summed E-state index contributed by atoms with van der Waals surface area (Å²) in [6.45, 7) is 21.4. The number of hydrogen-bond donors (Lipinski definition) is 2. The lowest BCUT2D eigenvalue weighted by Gasteiger charge is -2.28. The molecule has 0 saturated carbocycles. The van der Waals surface area contributed by atoms with Gasteiger partial charge in [-0.25, -0.2) is 0 Å². The Balaban J connectivity index is 2.66. The molecule has 0 radical (unpaired) electrons. The highest BCUT2D eigenvalue weighted by molar-refractivity contribution is 5.52. The minimum Gasteiger partial charge on any atom is -0.507 e. The summed E-state index contributed by atoms with van der Waals surface area (Å²) in [6, 6.07) is 8.58. The Kier molecular flexibility index (Phi) is 6.19. The third-order valence-corrected chi connectivity index (χ3v) is 5.63. The average Bonchev–Trinajstić information content (AvgIpc) is 2.54. The molecule has 0 heterocycles. The van der Waals surface area contributed by atoms with Crippen LogP contribution in [0, 0.1) is 0 Å². The Morgan fingerprint density at radius 3 is 1.28 bits per heavy atom. The number of benzene rings is 2. The second-order valence-electron chi connectivity index (χ2n) is 11.5. The van der Waals surface area contributed by atoms with E-state index < -0.39 is 0 Å². The lowest BCUT2D eigenvalue weighted by Crippen LogP contribution is -2.18. The normalized spacial score (nSPS) is 13.0. The Morgan fingerprint density at radius 1 is 0.586 bits per heavy atom. The quantitative estimate of drug-likeness (QED) is 0.578. The van der Waals surface area contributed by atoms with Gasteiger partial charge in [-0.1, -0.05) is 93.5 Å². The molecular weight excluding hydrogens is 356 g/mol. The van der Waals surface area contributed by atoms with Crippen LogP contribution in [0.25, 0.3) is 0 Å². The van der Waals surface area contributed by atoms with Gasteiger partial charge < -0.3 is 10.2 Å². The fraction of sp³-hybridized carbons (Fsp3) is 0.556. The first-order chi connectivity index (χ1) is 13.1. The minimum atomic E-state index is -0.139. The maximum Gasteiger partial charge on any atom is 0.123 e. The van der Waals surface area contributed by atoms with Crippen molar-refractivity contribution in [2.24, 2.45) is 0 Å². The lowest BCUT2D eigenvalue weighted by molar-refractivity contribution is 0.423. The van der Waals surface area contributed by atoms with Gasteiger partial charge in [-0.15, -0.1) is 0 Å². The number of aryl methyl sites for hydroxylation is 1. The Bertz CT molecular complexity index is 849. The van der Waals surface area contributed by atoms with Crippen LogP contribution in [0.4, 0.5) is 0 Å². The molecule has 0 aromatic heterocycles. The summed E-state index contributed by atoms with van der Waals surface area (Å²) >= 11 is 0. The van der Waals surface area contributed by atoms with Crippen molar-refractivity contribution >= 4 is 0 Å². The van der Waals surface area contributed by atoms with Gasteiger partial charge in [0.1, 0.15) is 11.5 Å². The largest absolute Gasteiger partial charge is 0.507 e. The molecule has 0 spiro atoms. The highest BCUT2D eigenvalue weighted by Crippen LogP contribution is 2.41. The fourth-order valence-electron chi connectivity index (χ4n) is 3.88. The molecule has 0 atom stereocenters. The topological polar surface area (TPSA) is 40.5 Å². The first-order valence-corrected chi connectivity index (χ1v) is 10.8. The van der Waals surface area contributed by atoms with E-state index >= 15 is 0 Å². The maximum absolute atomic E-state index is 11.0. The van der Waals surface area contributed by atoms with Crippen LogP contribution in [0.5, 0.6) is 11.5 Å². The Morgan fingerprint density at radius 2 is 0.931 bits per heavy atom. The molecule has 0 aliphatic carbocycles. The van der Waals surface area contributed by atoms with Crippen LogP contribution in [-0.2, 0) is 29.1 Å². The molecule has 2 nitrogen and oxygen atoms in total. The van der Waals surface area contributed by atoms with E-state index in [2.05, 4.69) is 93.5 Å². The predicted molar refractivity (Wildman–Crippen MR) is 124 cm³/mol. The molecule has 2 rings (SSSR count). The van der Waals surface area contributed by atoms with Gasteiger partial charge in [0.05, 0.1) is 0 Å². The van der Waals surface area contributed by atoms with Gasteiger partial charge in [0, 0.05) is 0 Å². The smallest absolute Gasteiger partial charge is 0.123 e. The summed E-state index contributed by atoms with van der Waals surface area (Å²) in [6.07, 6.45) is 1.58. The molecule has 0 amide bonds. The predicted octanol–water partition coefficient (Wildman–Crippen LogP) is 7.14. The van der Waals surface area contributed by atoms with Crippen LogP contribution in [0.3, 0.4) is 0 Å². The van der Waals surface area contributed by atoms with Crippen LogP contribution in [-0.4, -0.2) is 10.2 Å². The van der Waals surface area contributed by atoms with Crippen molar-refractivity contribution in [3.05, 3.63) is 57.6 Å². The van der Waals surface area contributed by atoms with E-state index in [1.54, 1.807) is 0 Å². The number of aromatic hydroxyl groups is 2. The third-order valence-electron chi connectivity index (χ3n) is 5.63. The molecule has 0 fully saturated rings. The first-order valence-electron chi connectivity index (χ1n) is 10.8. The van der Waals surface area contributed by atoms with Crippen LogP contribution >= 0.6 is 0 Å². The van der Waals surface area contributed by atoms with Crippen molar-refractivity contribution < 1.29 is 10.2 Å². The number of hydrogen-bond acceptors (Lipinski definition) is 2. The van der Waals surface area contributed by atoms with E-state index in [9.17, 15) is 10.2 Å². The number of phenols is 2. The highest BCUT2D eigenvalue weighted by atomic mass is 16.3. The second-order valence-corrected chi connectivity index (χ2v) is 11.5. The summed E-state index contributed by atoms with van der Waals surface area (Å²) < 4.78 is 0. The molecule has 2 aromatic carbocycles. The van der Waals surface area contributed by atoms with Crippen LogP contribution < -0.4 is 0 Å². The van der Waals surface area contributed by atoms with Crippen molar-refractivity contribution in [3.8, 4) is 11.5 Å². The van der Waals surface area contributed by atoms with Crippen molar-refractivity contribution in [1.82, 2.24) is 0 Å². The van der Waals surface area contributed by atoms with Gasteiger partial charge in [0.25, 0.3) is 0 Å². The van der Waals surface area contributed by atoms with Gasteiger partial charge in [-0.3, -0.25) is 0 Å². The molecule has 29 heavy (non-hydrogen) atoms. The van der Waals surface area contributed by atoms with E-state index in [0.717, 1.165) is 35.1 Å². The standard InChI is InChI=1S/C27H40O2/c1-11-19-13-17(14-20(23(19)28)25(2,3)4)12-18-15-21(26(5,6)7)24(29)22(16-18)27(8,9)10/h13-16,28-29H,11-12H2,1-10H3. The van der Waals surface area contributed by atoms with E-state index in [-0.39, 0.29) is 16.2 Å². The fourth-order valence-corrected chi connectivity index (χ4v) is 3.88. The van der Waals surface area contributed by atoms with E-state index in [0.29, 0.717) is 11.5 Å². The van der Waals surface area contributed by atoms with Crippen LogP contribution in [0.15, 0.2) is 24.3 Å². The van der Waals surface area contributed by atoms with Gasteiger partial charge >= 0.3 is 0 Å². The lowest BCUT2D eigenvalue weighted by atomic mass is 9.77. The van der Waals surface area contributed by atoms with Gasteiger partial charge in [0.2, 0.25) is 0 Å². The molecule has 160 valence electrons. The third kappa shape index (κ3) is 5.15. The van der Waals surface area contributed by atoms with Crippen molar-refractivity contribution in [2.45, 2.75) is 98.3 Å². The zero-order chi connectivity index (χ0) is 22.4. The van der Waals surface area contributed by atoms with Crippen LogP contribution in [0.2, 0.25) is 0 Å². The number of phenolic OH excluding ortho intramolecular Hbond substituents is 2. The van der Waals surface area contributed by atoms with Gasteiger partial charge in [0.15, 0.2) is 0 Å². The monoisotopic (exact) mass is 396 g/mol. The second kappa shape index (κ2) is 7.70. The van der Waals surface area contributed by atoms with Crippen LogP contribution in [0.1, 0.15) is 103 Å². The van der Waals surface area contributed by atoms with Crippen molar-refractivity contribution in [2.75, 3.05) is 0 Å². The molecule has 0 saturated heterocycles. The summed E-state index contributed by atoms with van der Waals surface area (Å²) in [5.74, 6) is 0.851. The summed E-state index contributed by atoms with van der Waals surface area (Å²) in [7, 11) is 0. The SMILES string of the molecule is CCc1cc(Cc2cc(C(C)(C)C)c(O)c(C(C)(C)C)c2)cc(C(C)(C)C)c1O. The van der Waals surface area contributed by atoms with Gasteiger partial charge in [-0.2, -0.15) is 0 Å². The molecule has 0 aliphatic heterocycles. The average molecular weight is 397 g/mol. The van der Waals surface area contributed by atoms with E-state index in [4.69, 9.17) is 0 Å².